The van der Waals surface area contributed by atoms with E-state index in [0.29, 0.717) is 32.7 Å². The van der Waals surface area contributed by atoms with Crippen molar-refractivity contribution in [2.24, 2.45) is 11.8 Å². The molecule has 2 bridgehead atoms. The highest BCUT2D eigenvalue weighted by atomic mass is 16.6. The number of fused-ring (bicyclic) bond motifs is 2. The topological polar surface area (TPSA) is 59.1 Å². The van der Waals surface area contributed by atoms with Gasteiger partial charge in [-0.15, -0.1) is 6.58 Å². The van der Waals surface area contributed by atoms with Gasteiger partial charge in [0, 0.05) is 25.7 Å². The number of carbonyl (C=O) groups excluding carboxylic acids is 2. The van der Waals surface area contributed by atoms with Crippen LogP contribution in [0.3, 0.4) is 0 Å². The summed E-state index contributed by atoms with van der Waals surface area (Å²) in [4.78, 5) is 28.3. The first-order chi connectivity index (χ1) is 11.2. The van der Waals surface area contributed by atoms with Crippen molar-refractivity contribution in [2.75, 3.05) is 26.2 Å². The molecule has 6 nitrogen and oxygen atoms in total. The van der Waals surface area contributed by atoms with E-state index in [4.69, 9.17) is 9.47 Å². The summed E-state index contributed by atoms with van der Waals surface area (Å²) >= 11 is 0. The van der Waals surface area contributed by atoms with E-state index in [1.807, 2.05) is 38.7 Å². The summed E-state index contributed by atoms with van der Waals surface area (Å²) in [7, 11) is 0. The van der Waals surface area contributed by atoms with Crippen LogP contribution in [0.2, 0.25) is 0 Å². The minimum absolute atomic E-state index is 0.0193. The molecule has 0 spiro atoms. The second-order valence-corrected chi connectivity index (χ2v) is 7.69. The Labute approximate surface area is 144 Å². The van der Waals surface area contributed by atoms with E-state index in [9.17, 15) is 9.59 Å². The zero-order chi connectivity index (χ0) is 17.9. The minimum atomic E-state index is -0.515. The van der Waals surface area contributed by atoms with Crippen LogP contribution in [0.4, 0.5) is 9.59 Å². The molecule has 2 fully saturated rings. The number of nitrogens with zero attached hydrogens (tertiary/aromatic N) is 2. The van der Waals surface area contributed by atoms with Crippen molar-refractivity contribution in [3.63, 3.8) is 0 Å². The molecule has 2 saturated heterocycles. The summed E-state index contributed by atoms with van der Waals surface area (Å²) in [5.74, 6) is 0.495. The average molecular weight is 338 g/mol. The quantitative estimate of drug-likeness (QED) is 0.741. The molecule has 3 atom stereocenters. The number of amides is 2. The lowest BCUT2D eigenvalue weighted by Gasteiger charge is -2.50. The van der Waals surface area contributed by atoms with Crippen LogP contribution >= 0.6 is 0 Å². The van der Waals surface area contributed by atoms with Gasteiger partial charge < -0.3 is 19.3 Å². The van der Waals surface area contributed by atoms with Gasteiger partial charge in [-0.3, -0.25) is 0 Å². The molecule has 2 aliphatic rings. The lowest BCUT2D eigenvalue weighted by Crippen LogP contribution is -2.60. The zero-order valence-corrected chi connectivity index (χ0v) is 15.3. The van der Waals surface area contributed by atoms with Crippen LogP contribution in [0.1, 0.15) is 40.5 Å². The molecule has 2 aliphatic heterocycles. The van der Waals surface area contributed by atoms with Crippen LogP contribution in [0.25, 0.3) is 0 Å². The number of hydrogen-bond acceptors (Lipinski definition) is 4. The van der Waals surface area contributed by atoms with E-state index < -0.39 is 5.60 Å². The van der Waals surface area contributed by atoms with Crippen molar-refractivity contribution < 1.29 is 19.1 Å². The van der Waals surface area contributed by atoms with Crippen molar-refractivity contribution in [3.05, 3.63) is 12.7 Å². The van der Waals surface area contributed by atoms with Gasteiger partial charge in [0.25, 0.3) is 0 Å². The summed E-state index contributed by atoms with van der Waals surface area (Å²) < 4.78 is 10.7. The highest BCUT2D eigenvalue weighted by Crippen LogP contribution is 2.35. The highest BCUT2D eigenvalue weighted by molar-refractivity contribution is 5.70. The van der Waals surface area contributed by atoms with Crippen molar-refractivity contribution >= 4 is 12.2 Å². The summed E-state index contributed by atoms with van der Waals surface area (Å²) in [5.41, 5.74) is -0.515. The Morgan fingerprint density at radius 2 is 1.92 bits per heavy atom. The average Bonchev–Trinajstić information content (AvgIpc) is 2.48. The summed E-state index contributed by atoms with van der Waals surface area (Å²) in [5, 5.41) is 0. The van der Waals surface area contributed by atoms with Crippen molar-refractivity contribution in [3.8, 4) is 0 Å². The largest absolute Gasteiger partial charge is 0.450 e. The standard InChI is InChI=1S/C18H30N2O4/c1-6-8-15-14-9-13(10-19(12-14)16(21)23-7-2)11-20(15)17(22)24-18(3,4)5/h6,13-15H,1,7-12H2,2-5H3/t13-,14+,15+/m1/s1. The number of piperidine rings is 2. The van der Waals surface area contributed by atoms with Gasteiger partial charge in [-0.1, -0.05) is 6.08 Å². The van der Waals surface area contributed by atoms with Gasteiger partial charge in [0.2, 0.25) is 0 Å². The van der Waals surface area contributed by atoms with Gasteiger partial charge in [-0.05, 0) is 52.4 Å². The molecule has 0 N–H and O–H groups in total. The van der Waals surface area contributed by atoms with Crippen LogP contribution in [0.5, 0.6) is 0 Å². The van der Waals surface area contributed by atoms with E-state index in [1.165, 1.54) is 0 Å². The SMILES string of the molecule is C=CC[C@H]1[C@H]2C[C@H](CN(C(=O)OCC)C2)CN1C(=O)OC(C)(C)C. The molecule has 2 amide bonds. The minimum Gasteiger partial charge on any atom is -0.450 e. The van der Waals surface area contributed by atoms with Gasteiger partial charge in [0.05, 0.1) is 6.61 Å². The molecule has 2 rings (SSSR count). The first kappa shape index (κ1) is 18.6. The molecular formula is C18H30N2O4. The predicted molar refractivity (Wildman–Crippen MR) is 91.7 cm³/mol. The number of carbonyl (C=O) groups is 2. The van der Waals surface area contributed by atoms with Crippen molar-refractivity contribution in [1.29, 1.82) is 0 Å². The van der Waals surface area contributed by atoms with Gasteiger partial charge in [0.15, 0.2) is 0 Å². The molecule has 0 unspecified atom stereocenters. The fourth-order valence-corrected chi connectivity index (χ4v) is 3.71. The number of ether oxygens (including phenoxy) is 2. The first-order valence-corrected chi connectivity index (χ1v) is 8.77. The van der Waals surface area contributed by atoms with E-state index >= 15 is 0 Å². The maximum absolute atomic E-state index is 12.6. The molecule has 6 heteroatoms. The third-order valence-corrected chi connectivity index (χ3v) is 4.53. The molecule has 0 aromatic heterocycles. The highest BCUT2D eigenvalue weighted by Gasteiger charge is 2.44. The lowest BCUT2D eigenvalue weighted by atomic mass is 9.78. The molecule has 0 aromatic carbocycles. The van der Waals surface area contributed by atoms with E-state index in [2.05, 4.69) is 6.58 Å². The molecule has 0 saturated carbocycles. The van der Waals surface area contributed by atoms with Crippen LogP contribution in [0, 0.1) is 11.8 Å². The second-order valence-electron chi connectivity index (χ2n) is 7.69. The Balaban J connectivity index is 2.13. The first-order valence-electron chi connectivity index (χ1n) is 8.77. The smallest absolute Gasteiger partial charge is 0.410 e. The normalized spacial score (nSPS) is 26.8. The van der Waals surface area contributed by atoms with Crippen molar-refractivity contribution in [2.45, 2.75) is 52.2 Å². The fourth-order valence-electron chi connectivity index (χ4n) is 3.71. The molecule has 0 radical (unpaired) electrons. The predicted octanol–water partition coefficient (Wildman–Crippen LogP) is 3.28. The Morgan fingerprint density at radius 3 is 2.50 bits per heavy atom. The Bertz CT molecular complexity index is 486. The van der Waals surface area contributed by atoms with Crippen LogP contribution in [-0.2, 0) is 9.47 Å². The molecule has 2 heterocycles. The Morgan fingerprint density at radius 1 is 1.21 bits per heavy atom. The van der Waals surface area contributed by atoms with Gasteiger partial charge in [0.1, 0.15) is 5.60 Å². The molecular weight excluding hydrogens is 308 g/mol. The third kappa shape index (κ3) is 4.42. The summed E-state index contributed by atoms with van der Waals surface area (Å²) in [6, 6.07) is 0.0193. The lowest BCUT2D eigenvalue weighted by molar-refractivity contribution is -0.0339. The Hall–Kier alpha value is -1.72. The third-order valence-electron chi connectivity index (χ3n) is 4.53. The number of rotatable bonds is 3. The summed E-state index contributed by atoms with van der Waals surface area (Å²) in [6.07, 6.45) is 3.04. The number of hydrogen-bond donors (Lipinski definition) is 0. The van der Waals surface area contributed by atoms with Crippen LogP contribution < -0.4 is 0 Å². The van der Waals surface area contributed by atoms with Crippen LogP contribution in [0.15, 0.2) is 12.7 Å². The maximum Gasteiger partial charge on any atom is 0.410 e. The van der Waals surface area contributed by atoms with Gasteiger partial charge >= 0.3 is 12.2 Å². The van der Waals surface area contributed by atoms with E-state index in [1.54, 1.807) is 4.90 Å². The number of likely N-dealkylation sites (tertiary alicyclic amines) is 2. The molecule has 24 heavy (non-hydrogen) atoms. The van der Waals surface area contributed by atoms with E-state index in [-0.39, 0.29) is 30.1 Å². The fraction of sp³-hybridized carbons (Fsp3) is 0.778. The second kappa shape index (κ2) is 7.45. The molecule has 136 valence electrons. The van der Waals surface area contributed by atoms with Crippen molar-refractivity contribution in [1.82, 2.24) is 9.80 Å². The maximum atomic E-state index is 12.6. The van der Waals surface area contributed by atoms with E-state index in [0.717, 1.165) is 6.42 Å². The van der Waals surface area contributed by atoms with Gasteiger partial charge in [-0.2, -0.15) is 0 Å². The summed E-state index contributed by atoms with van der Waals surface area (Å²) in [6.45, 7) is 13.5. The molecule has 0 aliphatic carbocycles. The van der Waals surface area contributed by atoms with Crippen LogP contribution in [-0.4, -0.2) is 59.9 Å². The van der Waals surface area contributed by atoms with Gasteiger partial charge in [-0.25, -0.2) is 9.59 Å². The Kier molecular flexibility index (Phi) is 5.78. The zero-order valence-electron chi connectivity index (χ0n) is 15.3. The molecule has 0 aromatic rings. The monoisotopic (exact) mass is 338 g/mol.